The molecule has 26 heavy (non-hydrogen) atoms. The zero-order valence-corrected chi connectivity index (χ0v) is 15.2. The van der Waals surface area contributed by atoms with Crippen molar-refractivity contribution in [2.24, 2.45) is 0 Å². The van der Waals surface area contributed by atoms with Gasteiger partial charge in [0.15, 0.2) is 0 Å². The Morgan fingerprint density at radius 3 is 2.23 bits per heavy atom. The summed E-state index contributed by atoms with van der Waals surface area (Å²) in [7, 11) is 1.61. The Bertz CT molecular complexity index is 695. The number of carbonyl (C=O) groups excluding carboxylic acids is 1. The summed E-state index contributed by atoms with van der Waals surface area (Å²) in [4.78, 5) is 12.6. The van der Waals surface area contributed by atoms with Crippen LogP contribution in [0.15, 0.2) is 54.6 Å². The first-order valence-corrected chi connectivity index (χ1v) is 9.00. The van der Waals surface area contributed by atoms with E-state index in [0.29, 0.717) is 26.1 Å². The van der Waals surface area contributed by atoms with Crippen LogP contribution < -0.4 is 10.6 Å². The largest absolute Gasteiger partial charge is 0.372 e. The van der Waals surface area contributed by atoms with Crippen molar-refractivity contribution in [3.63, 3.8) is 0 Å². The van der Waals surface area contributed by atoms with Gasteiger partial charge < -0.3 is 20.1 Å². The number of methoxy groups -OCH3 is 1. The molecule has 1 fully saturated rings. The number of amides is 1. The van der Waals surface area contributed by atoms with Crippen molar-refractivity contribution >= 4 is 11.6 Å². The standard InChI is InChI=1S/C21H26N2O3/c1-25-21(11-13-22-14-12-21)20(24)23-19-9-7-18(8-10-19)16-26-15-17-5-3-2-4-6-17/h2-10,22H,11-16H2,1H3,(H,23,24). The normalized spacial score (nSPS) is 16.2. The molecule has 0 aliphatic carbocycles. The van der Waals surface area contributed by atoms with E-state index in [0.717, 1.165) is 29.9 Å². The van der Waals surface area contributed by atoms with Gasteiger partial charge in [0.1, 0.15) is 5.60 Å². The summed E-state index contributed by atoms with van der Waals surface area (Å²) in [6.45, 7) is 2.71. The van der Waals surface area contributed by atoms with E-state index in [9.17, 15) is 4.79 Å². The van der Waals surface area contributed by atoms with Crippen LogP contribution in [0.25, 0.3) is 0 Å². The molecule has 1 aliphatic heterocycles. The van der Waals surface area contributed by atoms with Gasteiger partial charge in [-0.25, -0.2) is 0 Å². The molecule has 2 aromatic rings. The van der Waals surface area contributed by atoms with Gasteiger partial charge in [-0.05, 0) is 49.2 Å². The lowest BCUT2D eigenvalue weighted by Crippen LogP contribution is -2.51. The van der Waals surface area contributed by atoms with Gasteiger partial charge in [-0.15, -0.1) is 0 Å². The average Bonchev–Trinajstić information content (AvgIpc) is 2.70. The molecule has 0 spiro atoms. The summed E-state index contributed by atoms with van der Waals surface area (Å²) in [6.07, 6.45) is 1.36. The maximum absolute atomic E-state index is 12.6. The highest BCUT2D eigenvalue weighted by Gasteiger charge is 2.39. The lowest BCUT2D eigenvalue weighted by Gasteiger charge is -2.34. The molecular weight excluding hydrogens is 328 g/mol. The minimum Gasteiger partial charge on any atom is -0.372 e. The third-order valence-electron chi connectivity index (χ3n) is 4.81. The molecule has 0 radical (unpaired) electrons. The SMILES string of the molecule is COC1(C(=O)Nc2ccc(COCc3ccccc3)cc2)CCNCC1. The zero-order chi connectivity index (χ0) is 18.2. The molecule has 138 valence electrons. The van der Waals surface area contributed by atoms with Crippen LogP contribution in [-0.2, 0) is 27.5 Å². The number of rotatable bonds is 7. The predicted octanol–water partition coefficient (Wildman–Crippen LogP) is 3.11. The van der Waals surface area contributed by atoms with Crippen LogP contribution in [0.5, 0.6) is 0 Å². The van der Waals surface area contributed by atoms with E-state index in [1.165, 1.54) is 0 Å². The fourth-order valence-electron chi connectivity index (χ4n) is 3.14. The quantitative estimate of drug-likeness (QED) is 0.802. The molecule has 5 heteroatoms. The highest BCUT2D eigenvalue weighted by atomic mass is 16.5. The van der Waals surface area contributed by atoms with Crippen molar-refractivity contribution in [3.8, 4) is 0 Å². The lowest BCUT2D eigenvalue weighted by molar-refractivity contribution is -0.140. The van der Waals surface area contributed by atoms with Gasteiger partial charge in [0.2, 0.25) is 0 Å². The molecule has 1 amide bonds. The second-order valence-corrected chi connectivity index (χ2v) is 6.58. The van der Waals surface area contributed by atoms with Crippen molar-refractivity contribution in [1.82, 2.24) is 5.32 Å². The van der Waals surface area contributed by atoms with Crippen LogP contribution >= 0.6 is 0 Å². The van der Waals surface area contributed by atoms with Crippen LogP contribution in [0.1, 0.15) is 24.0 Å². The molecule has 2 N–H and O–H groups in total. The topological polar surface area (TPSA) is 59.6 Å². The van der Waals surface area contributed by atoms with Crippen LogP contribution in [-0.4, -0.2) is 31.7 Å². The van der Waals surface area contributed by atoms with Crippen LogP contribution in [0.2, 0.25) is 0 Å². The molecule has 5 nitrogen and oxygen atoms in total. The molecule has 0 atom stereocenters. The molecule has 1 aliphatic rings. The number of nitrogens with one attached hydrogen (secondary N) is 2. The number of hydrogen-bond acceptors (Lipinski definition) is 4. The lowest BCUT2D eigenvalue weighted by atomic mass is 9.91. The molecular formula is C21H26N2O3. The highest BCUT2D eigenvalue weighted by molar-refractivity contribution is 5.97. The highest BCUT2D eigenvalue weighted by Crippen LogP contribution is 2.24. The maximum Gasteiger partial charge on any atom is 0.256 e. The number of benzene rings is 2. The Balaban J connectivity index is 1.51. The number of hydrogen-bond donors (Lipinski definition) is 2. The van der Waals surface area contributed by atoms with E-state index < -0.39 is 5.60 Å². The van der Waals surface area contributed by atoms with Gasteiger partial charge in [-0.3, -0.25) is 4.79 Å². The molecule has 0 unspecified atom stereocenters. The van der Waals surface area contributed by atoms with Gasteiger partial charge in [0.25, 0.3) is 5.91 Å². The summed E-state index contributed by atoms with van der Waals surface area (Å²) < 4.78 is 11.3. The fraction of sp³-hybridized carbons (Fsp3) is 0.381. The van der Waals surface area contributed by atoms with E-state index >= 15 is 0 Å². The van der Waals surface area contributed by atoms with Gasteiger partial charge >= 0.3 is 0 Å². The van der Waals surface area contributed by atoms with Crippen LogP contribution in [0, 0.1) is 0 Å². The van der Waals surface area contributed by atoms with Crippen molar-refractivity contribution in [1.29, 1.82) is 0 Å². The van der Waals surface area contributed by atoms with E-state index in [1.807, 2.05) is 54.6 Å². The van der Waals surface area contributed by atoms with Crippen molar-refractivity contribution in [2.75, 3.05) is 25.5 Å². The van der Waals surface area contributed by atoms with E-state index in [1.54, 1.807) is 7.11 Å². The van der Waals surface area contributed by atoms with Crippen LogP contribution in [0.3, 0.4) is 0 Å². The van der Waals surface area contributed by atoms with Crippen molar-refractivity contribution in [2.45, 2.75) is 31.7 Å². The minimum absolute atomic E-state index is 0.0745. The Morgan fingerprint density at radius 1 is 1.00 bits per heavy atom. The van der Waals surface area contributed by atoms with Gasteiger partial charge in [0.05, 0.1) is 13.2 Å². The predicted molar refractivity (Wildman–Crippen MR) is 102 cm³/mol. The fourth-order valence-corrected chi connectivity index (χ4v) is 3.14. The Hall–Kier alpha value is -2.21. The number of ether oxygens (including phenoxy) is 2. The Kier molecular flexibility index (Phi) is 6.39. The molecule has 1 saturated heterocycles. The second-order valence-electron chi connectivity index (χ2n) is 6.58. The van der Waals surface area contributed by atoms with E-state index in [-0.39, 0.29) is 5.91 Å². The number of piperidine rings is 1. The average molecular weight is 354 g/mol. The van der Waals surface area contributed by atoms with Crippen LogP contribution in [0.4, 0.5) is 5.69 Å². The third kappa shape index (κ3) is 4.69. The minimum atomic E-state index is -0.733. The van der Waals surface area contributed by atoms with Crippen molar-refractivity contribution < 1.29 is 14.3 Å². The van der Waals surface area contributed by atoms with E-state index in [2.05, 4.69) is 10.6 Å². The van der Waals surface area contributed by atoms with Crippen molar-refractivity contribution in [3.05, 3.63) is 65.7 Å². The smallest absolute Gasteiger partial charge is 0.256 e. The molecule has 0 bridgehead atoms. The summed E-state index contributed by atoms with van der Waals surface area (Å²) in [5, 5.41) is 6.24. The van der Waals surface area contributed by atoms with Gasteiger partial charge in [-0.1, -0.05) is 42.5 Å². The van der Waals surface area contributed by atoms with E-state index in [4.69, 9.17) is 9.47 Å². The number of carbonyl (C=O) groups is 1. The Labute approximate surface area is 154 Å². The van der Waals surface area contributed by atoms with Gasteiger partial charge in [0, 0.05) is 12.8 Å². The maximum atomic E-state index is 12.6. The first-order chi connectivity index (χ1) is 12.7. The molecule has 0 saturated carbocycles. The monoisotopic (exact) mass is 354 g/mol. The summed E-state index contributed by atoms with van der Waals surface area (Å²) in [5.74, 6) is -0.0745. The first kappa shape index (κ1) is 18.6. The summed E-state index contributed by atoms with van der Waals surface area (Å²) in [6, 6.07) is 17.9. The summed E-state index contributed by atoms with van der Waals surface area (Å²) in [5.41, 5.74) is 2.27. The molecule has 1 heterocycles. The zero-order valence-electron chi connectivity index (χ0n) is 15.2. The Morgan fingerprint density at radius 2 is 1.62 bits per heavy atom. The third-order valence-corrected chi connectivity index (χ3v) is 4.81. The molecule has 2 aromatic carbocycles. The number of anilines is 1. The second kappa shape index (κ2) is 8.94. The molecule has 3 rings (SSSR count). The van der Waals surface area contributed by atoms with Gasteiger partial charge in [-0.2, -0.15) is 0 Å². The molecule has 0 aromatic heterocycles. The first-order valence-electron chi connectivity index (χ1n) is 9.00. The summed E-state index contributed by atoms with van der Waals surface area (Å²) >= 11 is 0.